The third-order valence-electron chi connectivity index (χ3n) is 3.50. The minimum atomic E-state index is -0.294. The van der Waals surface area contributed by atoms with Gasteiger partial charge in [0.15, 0.2) is 23.0 Å². The zero-order chi connectivity index (χ0) is 16.4. The summed E-state index contributed by atoms with van der Waals surface area (Å²) < 4.78 is 20.9. The fourth-order valence-corrected chi connectivity index (χ4v) is 2.31. The van der Waals surface area contributed by atoms with Crippen LogP contribution >= 0.6 is 0 Å². The van der Waals surface area contributed by atoms with Crippen LogP contribution in [0.1, 0.15) is 11.1 Å². The SMILES string of the molecule is COc1ccc(/C=C/c2cc(OC)c3c(c2)OCO3)c(O)c1O. The van der Waals surface area contributed by atoms with Crippen LogP contribution in [0.4, 0.5) is 0 Å². The van der Waals surface area contributed by atoms with Crippen LogP contribution in [-0.2, 0) is 0 Å². The molecular weight excluding hydrogens is 300 g/mol. The molecule has 6 nitrogen and oxygen atoms in total. The van der Waals surface area contributed by atoms with Gasteiger partial charge in [0.2, 0.25) is 18.3 Å². The van der Waals surface area contributed by atoms with Gasteiger partial charge >= 0.3 is 0 Å². The monoisotopic (exact) mass is 316 g/mol. The molecule has 0 unspecified atom stereocenters. The van der Waals surface area contributed by atoms with Crippen LogP contribution in [0.15, 0.2) is 24.3 Å². The fraction of sp³-hybridized carbons (Fsp3) is 0.176. The Morgan fingerprint density at radius 2 is 1.74 bits per heavy atom. The summed E-state index contributed by atoms with van der Waals surface area (Å²) >= 11 is 0. The topological polar surface area (TPSA) is 77.4 Å². The maximum absolute atomic E-state index is 9.99. The van der Waals surface area contributed by atoms with Crippen molar-refractivity contribution in [2.45, 2.75) is 0 Å². The van der Waals surface area contributed by atoms with Gasteiger partial charge < -0.3 is 29.2 Å². The van der Waals surface area contributed by atoms with Crippen LogP contribution in [0.3, 0.4) is 0 Å². The van der Waals surface area contributed by atoms with E-state index in [1.165, 1.54) is 7.11 Å². The first kappa shape index (κ1) is 14.9. The number of ether oxygens (including phenoxy) is 4. The summed E-state index contributed by atoms with van der Waals surface area (Å²) in [5.41, 5.74) is 1.26. The summed E-state index contributed by atoms with van der Waals surface area (Å²) in [5, 5.41) is 19.8. The molecule has 1 heterocycles. The molecule has 6 heteroatoms. The lowest BCUT2D eigenvalue weighted by Gasteiger charge is -2.08. The number of phenols is 2. The zero-order valence-corrected chi connectivity index (χ0v) is 12.7. The Kier molecular flexibility index (Phi) is 3.89. The molecule has 0 radical (unpaired) electrons. The highest BCUT2D eigenvalue weighted by atomic mass is 16.7. The predicted octanol–water partition coefficient (Wildman–Crippen LogP) is 3.01. The molecule has 2 N–H and O–H groups in total. The van der Waals surface area contributed by atoms with Crippen molar-refractivity contribution in [3.63, 3.8) is 0 Å². The van der Waals surface area contributed by atoms with Gasteiger partial charge in [-0.15, -0.1) is 0 Å². The number of fused-ring (bicyclic) bond motifs is 1. The second-order valence-electron chi connectivity index (χ2n) is 4.84. The molecule has 0 aromatic heterocycles. The number of aromatic hydroxyl groups is 2. The molecule has 2 aromatic carbocycles. The summed E-state index contributed by atoms with van der Waals surface area (Å²) in [5.74, 6) is 1.43. The normalized spacial score (nSPS) is 12.6. The number of rotatable bonds is 4. The minimum absolute atomic E-state index is 0.159. The van der Waals surface area contributed by atoms with Crippen molar-refractivity contribution in [2.24, 2.45) is 0 Å². The quantitative estimate of drug-likeness (QED) is 0.667. The van der Waals surface area contributed by atoms with E-state index in [2.05, 4.69) is 0 Å². The van der Waals surface area contributed by atoms with Crippen molar-refractivity contribution in [1.29, 1.82) is 0 Å². The number of phenolic OH excluding ortho intramolecular Hbond substituents is 2. The third kappa shape index (κ3) is 2.70. The van der Waals surface area contributed by atoms with Crippen molar-refractivity contribution < 1.29 is 29.2 Å². The highest BCUT2D eigenvalue weighted by Crippen LogP contribution is 2.42. The predicted molar refractivity (Wildman–Crippen MR) is 84.4 cm³/mol. The molecule has 0 amide bonds. The average Bonchev–Trinajstić information content (AvgIpc) is 3.04. The standard InChI is InChI=1S/C17H16O6/c1-20-12-6-5-11(15(18)16(12)19)4-3-10-7-13(21-2)17-14(8-10)22-9-23-17/h3-8,18-19H,9H2,1-2H3/b4-3+. The van der Waals surface area contributed by atoms with Crippen LogP contribution in [0, 0.1) is 0 Å². The third-order valence-corrected chi connectivity index (χ3v) is 3.50. The molecule has 0 fully saturated rings. The lowest BCUT2D eigenvalue weighted by Crippen LogP contribution is -1.93. The van der Waals surface area contributed by atoms with Gasteiger partial charge in [0.25, 0.3) is 0 Å². The summed E-state index contributed by atoms with van der Waals surface area (Å²) in [7, 11) is 2.97. The van der Waals surface area contributed by atoms with E-state index in [0.717, 1.165) is 5.56 Å². The van der Waals surface area contributed by atoms with Crippen molar-refractivity contribution in [1.82, 2.24) is 0 Å². The van der Waals surface area contributed by atoms with E-state index >= 15 is 0 Å². The molecule has 120 valence electrons. The molecule has 0 spiro atoms. The zero-order valence-electron chi connectivity index (χ0n) is 12.7. The first-order valence-corrected chi connectivity index (χ1v) is 6.88. The van der Waals surface area contributed by atoms with Gasteiger partial charge in [0, 0.05) is 5.56 Å². The van der Waals surface area contributed by atoms with Gasteiger partial charge in [-0.1, -0.05) is 12.2 Å². The van der Waals surface area contributed by atoms with Crippen molar-refractivity contribution in [2.75, 3.05) is 21.0 Å². The second-order valence-corrected chi connectivity index (χ2v) is 4.84. The summed E-state index contributed by atoms with van der Waals surface area (Å²) in [6.07, 6.45) is 3.44. The first-order chi connectivity index (χ1) is 11.1. The molecule has 1 aliphatic heterocycles. The van der Waals surface area contributed by atoms with Crippen LogP contribution in [0.25, 0.3) is 12.2 Å². The molecule has 0 saturated carbocycles. The van der Waals surface area contributed by atoms with E-state index in [4.69, 9.17) is 18.9 Å². The van der Waals surface area contributed by atoms with Gasteiger partial charge in [0.1, 0.15) is 0 Å². The maximum Gasteiger partial charge on any atom is 0.231 e. The molecule has 0 atom stereocenters. The summed E-state index contributed by atoms with van der Waals surface area (Å²) in [6, 6.07) is 6.83. The van der Waals surface area contributed by atoms with Crippen molar-refractivity contribution >= 4 is 12.2 Å². The van der Waals surface area contributed by atoms with E-state index in [9.17, 15) is 10.2 Å². The Balaban J connectivity index is 1.93. The van der Waals surface area contributed by atoms with Crippen LogP contribution in [0.2, 0.25) is 0 Å². The number of hydrogen-bond donors (Lipinski definition) is 2. The largest absolute Gasteiger partial charge is 0.504 e. The smallest absolute Gasteiger partial charge is 0.231 e. The number of hydrogen-bond acceptors (Lipinski definition) is 6. The minimum Gasteiger partial charge on any atom is -0.504 e. The number of benzene rings is 2. The molecule has 23 heavy (non-hydrogen) atoms. The molecule has 1 aliphatic rings. The molecule has 0 saturated heterocycles. The van der Waals surface area contributed by atoms with E-state index in [-0.39, 0.29) is 24.0 Å². The highest BCUT2D eigenvalue weighted by molar-refractivity contribution is 5.77. The molecule has 0 bridgehead atoms. The van der Waals surface area contributed by atoms with Crippen LogP contribution in [0.5, 0.6) is 34.5 Å². The average molecular weight is 316 g/mol. The van der Waals surface area contributed by atoms with Crippen molar-refractivity contribution in [3.8, 4) is 34.5 Å². The van der Waals surface area contributed by atoms with E-state index < -0.39 is 0 Å². The van der Waals surface area contributed by atoms with E-state index in [0.29, 0.717) is 22.8 Å². The molecular formula is C17H16O6. The maximum atomic E-state index is 9.99. The van der Waals surface area contributed by atoms with E-state index in [1.54, 1.807) is 37.5 Å². The first-order valence-electron chi connectivity index (χ1n) is 6.88. The number of methoxy groups -OCH3 is 2. The molecule has 0 aliphatic carbocycles. The van der Waals surface area contributed by atoms with Crippen molar-refractivity contribution in [3.05, 3.63) is 35.4 Å². The summed E-state index contributed by atoms with van der Waals surface area (Å²) in [6.45, 7) is 0.159. The summed E-state index contributed by atoms with van der Waals surface area (Å²) in [4.78, 5) is 0. The Hall–Kier alpha value is -3.02. The van der Waals surface area contributed by atoms with Crippen LogP contribution in [-0.4, -0.2) is 31.2 Å². The Bertz CT molecular complexity index is 766. The van der Waals surface area contributed by atoms with Gasteiger partial charge in [-0.3, -0.25) is 0 Å². The van der Waals surface area contributed by atoms with Gasteiger partial charge in [-0.2, -0.15) is 0 Å². The highest BCUT2D eigenvalue weighted by Gasteiger charge is 2.19. The van der Waals surface area contributed by atoms with E-state index in [1.807, 2.05) is 6.07 Å². The molecule has 3 rings (SSSR count). The van der Waals surface area contributed by atoms with Crippen LogP contribution < -0.4 is 18.9 Å². The Morgan fingerprint density at radius 3 is 2.48 bits per heavy atom. The van der Waals surface area contributed by atoms with Gasteiger partial charge in [-0.25, -0.2) is 0 Å². The van der Waals surface area contributed by atoms with Gasteiger partial charge in [-0.05, 0) is 29.8 Å². The van der Waals surface area contributed by atoms with Gasteiger partial charge in [0.05, 0.1) is 14.2 Å². The Morgan fingerprint density at radius 1 is 0.957 bits per heavy atom. The molecule has 2 aromatic rings. The lowest BCUT2D eigenvalue weighted by atomic mass is 10.1. The fourth-order valence-electron chi connectivity index (χ4n) is 2.31. The second kappa shape index (κ2) is 6.00. The Labute approximate surface area is 133 Å². The lowest BCUT2D eigenvalue weighted by molar-refractivity contribution is 0.171.